The van der Waals surface area contributed by atoms with Gasteiger partial charge in [0, 0.05) is 28.5 Å². The van der Waals surface area contributed by atoms with Gasteiger partial charge in [-0.25, -0.2) is 0 Å². The van der Waals surface area contributed by atoms with Crippen LogP contribution in [0.2, 0.25) is 5.02 Å². The number of amides is 1. The molecular formula is C15H9ClN4O3S. The minimum atomic E-state index is -0.594. The lowest BCUT2D eigenvalue weighted by Crippen LogP contribution is -2.24. The number of carbonyl (C=O) groups excluding carboxylic acids is 2. The summed E-state index contributed by atoms with van der Waals surface area (Å²) in [5.74, 6) is -1.05. The Morgan fingerprint density at radius 1 is 1.04 bits per heavy atom. The zero-order valence-electron chi connectivity index (χ0n) is 12.0. The molecule has 0 radical (unpaired) electrons. The lowest BCUT2D eigenvalue weighted by Gasteiger charge is -2.01. The van der Waals surface area contributed by atoms with E-state index < -0.39 is 16.7 Å². The number of hydrogen-bond acceptors (Lipinski definition) is 6. The van der Waals surface area contributed by atoms with E-state index in [1.54, 1.807) is 24.3 Å². The lowest BCUT2D eigenvalue weighted by molar-refractivity contribution is 0.0940. The van der Waals surface area contributed by atoms with E-state index in [0.717, 1.165) is 0 Å². The summed E-state index contributed by atoms with van der Waals surface area (Å²) in [5, 5.41) is 6.88. The molecule has 0 spiro atoms. The molecule has 0 saturated heterocycles. The zero-order valence-corrected chi connectivity index (χ0v) is 13.5. The summed E-state index contributed by atoms with van der Waals surface area (Å²) < 4.78 is 0.706. The third-order valence-electron chi connectivity index (χ3n) is 2.99. The van der Waals surface area contributed by atoms with Gasteiger partial charge in [0.2, 0.25) is 5.13 Å². The van der Waals surface area contributed by atoms with Crippen LogP contribution in [-0.4, -0.2) is 26.6 Å². The molecule has 120 valence electrons. The fourth-order valence-electron chi connectivity index (χ4n) is 1.84. The molecule has 7 nitrogen and oxygen atoms in total. The molecule has 0 unspecified atom stereocenters. The molecule has 0 aliphatic rings. The van der Waals surface area contributed by atoms with E-state index in [-0.39, 0.29) is 10.7 Å². The van der Waals surface area contributed by atoms with Crippen LogP contribution in [0.1, 0.15) is 20.7 Å². The number of carbonyl (C=O) groups is 2. The van der Waals surface area contributed by atoms with Gasteiger partial charge in [0.25, 0.3) is 11.8 Å². The van der Waals surface area contributed by atoms with Gasteiger partial charge in [-0.15, -0.1) is 9.78 Å². The quantitative estimate of drug-likeness (QED) is 0.773. The maximum absolute atomic E-state index is 12.2. The minimum Gasteiger partial charge on any atom is -0.296 e. The first-order valence-corrected chi connectivity index (χ1v) is 7.86. The Kier molecular flexibility index (Phi) is 4.50. The Hall–Kier alpha value is -2.84. The number of nitrogens with zero attached hydrogens (tertiary/aromatic N) is 3. The number of rotatable bonds is 3. The van der Waals surface area contributed by atoms with Crippen LogP contribution in [-0.2, 0) is 0 Å². The van der Waals surface area contributed by atoms with E-state index >= 15 is 0 Å². The Labute approximate surface area is 144 Å². The van der Waals surface area contributed by atoms with Gasteiger partial charge < -0.3 is 0 Å². The molecule has 2 heterocycles. The lowest BCUT2D eigenvalue weighted by atomic mass is 10.2. The standard InChI is InChI=1S/C15H9ClN4O3S/c16-11-3-1-9(2-4-11)12(21)18-14-19-20(15(23)24-14)13(22)10-5-7-17-8-6-10/h1-8H,(H,18,19,21). The minimum absolute atomic E-state index is 0.0300. The molecule has 0 bridgehead atoms. The SMILES string of the molecule is O=C(Nc1nn(C(=O)c2ccncc2)c(=O)s1)c1ccc(Cl)cc1. The van der Waals surface area contributed by atoms with Crippen molar-refractivity contribution < 1.29 is 9.59 Å². The predicted molar refractivity (Wildman–Crippen MR) is 89.7 cm³/mol. The normalized spacial score (nSPS) is 10.4. The number of nitrogens with one attached hydrogen (secondary N) is 1. The van der Waals surface area contributed by atoms with Crippen LogP contribution in [0.15, 0.2) is 53.6 Å². The zero-order chi connectivity index (χ0) is 17.1. The van der Waals surface area contributed by atoms with Gasteiger partial charge in [0.05, 0.1) is 0 Å². The van der Waals surface area contributed by atoms with Crippen molar-refractivity contribution in [3.63, 3.8) is 0 Å². The molecule has 0 fully saturated rings. The summed E-state index contributed by atoms with van der Waals surface area (Å²) in [6.07, 6.45) is 2.88. The average Bonchev–Trinajstić information content (AvgIpc) is 2.95. The van der Waals surface area contributed by atoms with E-state index in [4.69, 9.17) is 11.6 Å². The third kappa shape index (κ3) is 3.39. The van der Waals surface area contributed by atoms with Gasteiger partial charge in [-0.05, 0) is 47.7 Å². The molecule has 3 rings (SSSR count). The first-order valence-electron chi connectivity index (χ1n) is 6.66. The van der Waals surface area contributed by atoms with Gasteiger partial charge in [0.1, 0.15) is 0 Å². The summed E-state index contributed by atoms with van der Waals surface area (Å²) in [5.41, 5.74) is 0.627. The van der Waals surface area contributed by atoms with Crippen molar-refractivity contribution in [1.29, 1.82) is 0 Å². The third-order valence-corrected chi connectivity index (χ3v) is 3.97. The number of pyridine rings is 1. The van der Waals surface area contributed by atoms with Gasteiger partial charge in [-0.2, -0.15) is 0 Å². The van der Waals surface area contributed by atoms with Gasteiger partial charge in [0.15, 0.2) is 0 Å². The second-order valence-electron chi connectivity index (χ2n) is 4.59. The molecule has 1 N–H and O–H groups in total. The molecular weight excluding hydrogens is 352 g/mol. The van der Waals surface area contributed by atoms with Gasteiger partial charge in [-0.1, -0.05) is 11.6 Å². The second-order valence-corrected chi connectivity index (χ2v) is 5.96. The first kappa shape index (κ1) is 16.0. The maximum atomic E-state index is 12.2. The van der Waals surface area contributed by atoms with Crippen LogP contribution in [0.25, 0.3) is 0 Å². The highest BCUT2D eigenvalue weighted by atomic mass is 35.5. The average molecular weight is 361 g/mol. The van der Waals surface area contributed by atoms with Crippen molar-refractivity contribution in [2.24, 2.45) is 0 Å². The van der Waals surface area contributed by atoms with Crippen molar-refractivity contribution in [3.05, 3.63) is 74.6 Å². The fraction of sp³-hybridized carbons (Fsp3) is 0. The van der Waals surface area contributed by atoms with Gasteiger partial charge in [-0.3, -0.25) is 24.7 Å². The fourth-order valence-corrected chi connectivity index (χ4v) is 2.61. The Morgan fingerprint density at radius 2 is 1.71 bits per heavy atom. The van der Waals surface area contributed by atoms with Crippen LogP contribution < -0.4 is 10.2 Å². The summed E-state index contributed by atoms with van der Waals surface area (Å²) in [7, 11) is 0. The largest absolute Gasteiger partial charge is 0.334 e. The van der Waals surface area contributed by atoms with Crippen molar-refractivity contribution >= 4 is 39.9 Å². The molecule has 3 aromatic rings. The molecule has 0 aliphatic carbocycles. The Balaban J connectivity index is 1.81. The molecule has 24 heavy (non-hydrogen) atoms. The number of aromatic nitrogens is 3. The van der Waals surface area contributed by atoms with E-state index in [1.807, 2.05) is 0 Å². The van der Waals surface area contributed by atoms with E-state index in [0.29, 0.717) is 26.6 Å². The van der Waals surface area contributed by atoms with Crippen LogP contribution in [0.3, 0.4) is 0 Å². The van der Waals surface area contributed by atoms with Crippen molar-refractivity contribution in [3.8, 4) is 0 Å². The number of benzene rings is 1. The highest BCUT2D eigenvalue weighted by Gasteiger charge is 2.17. The topological polar surface area (TPSA) is 93.9 Å². The summed E-state index contributed by atoms with van der Waals surface area (Å²) in [6, 6.07) is 9.17. The van der Waals surface area contributed by atoms with E-state index in [1.165, 1.54) is 24.5 Å². The molecule has 0 aliphatic heterocycles. The van der Waals surface area contributed by atoms with E-state index in [2.05, 4.69) is 15.4 Å². The smallest absolute Gasteiger partial charge is 0.296 e. The molecule has 1 aromatic carbocycles. The molecule has 2 aromatic heterocycles. The van der Waals surface area contributed by atoms with Crippen molar-refractivity contribution in [1.82, 2.24) is 14.8 Å². The molecule has 9 heteroatoms. The van der Waals surface area contributed by atoms with Crippen molar-refractivity contribution in [2.45, 2.75) is 0 Å². The summed E-state index contributed by atoms with van der Waals surface area (Å²) >= 11 is 6.43. The highest BCUT2D eigenvalue weighted by molar-refractivity contribution is 7.13. The predicted octanol–water partition coefficient (Wildman–Crippen LogP) is 2.29. The van der Waals surface area contributed by atoms with Crippen LogP contribution in [0, 0.1) is 0 Å². The molecule has 0 atom stereocenters. The second kappa shape index (κ2) is 6.73. The summed E-state index contributed by atoms with van der Waals surface area (Å²) in [4.78, 5) is 39.5. The number of anilines is 1. The Morgan fingerprint density at radius 3 is 2.38 bits per heavy atom. The monoisotopic (exact) mass is 360 g/mol. The summed E-state index contributed by atoms with van der Waals surface area (Å²) in [6.45, 7) is 0. The van der Waals surface area contributed by atoms with Gasteiger partial charge >= 0.3 is 4.87 Å². The maximum Gasteiger partial charge on any atom is 0.334 e. The number of halogens is 1. The van der Waals surface area contributed by atoms with Crippen LogP contribution >= 0.6 is 22.9 Å². The van der Waals surface area contributed by atoms with Crippen LogP contribution in [0.4, 0.5) is 5.13 Å². The number of hydrogen-bond donors (Lipinski definition) is 1. The first-order chi connectivity index (χ1) is 11.5. The van der Waals surface area contributed by atoms with Crippen molar-refractivity contribution in [2.75, 3.05) is 5.32 Å². The molecule has 1 amide bonds. The van der Waals surface area contributed by atoms with E-state index in [9.17, 15) is 14.4 Å². The molecule has 0 saturated carbocycles. The van der Waals surface area contributed by atoms with Crippen LogP contribution in [0.5, 0.6) is 0 Å². The Bertz CT molecular complexity index is 951. The highest BCUT2D eigenvalue weighted by Crippen LogP contribution is 2.13.